The first-order valence-electron chi connectivity index (χ1n) is 8.19. The largest absolute Gasteiger partial charge is 0.444 e. The van der Waals surface area contributed by atoms with E-state index >= 15 is 0 Å². The van der Waals surface area contributed by atoms with Gasteiger partial charge in [0.15, 0.2) is 0 Å². The number of hydrogen-bond acceptors (Lipinski definition) is 4. The normalized spacial score (nSPS) is 18.3. The van der Waals surface area contributed by atoms with Crippen LogP contribution in [0.15, 0.2) is 24.4 Å². The smallest absolute Gasteiger partial charge is 0.410 e. The van der Waals surface area contributed by atoms with Crippen molar-refractivity contribution in [1.82, 2.24) is 9.88 Å². The van der Waals surface area contributed by atoms with E-state index in [4.69, 9.17) is 4.74 Å². The molecular weight excluding hydrogens is 405 g/mol. The molecule has 0 bridgehead atoms. The highest BCUT2D eigenvalue weighted by Crippen LogP contribution is 2.51. The van der Waals surface area contributed by atoms with Gasteiger partial charge < -0.3 is 9.64 Å². The molecule has 1 spiro atoms. The minimum Gasteiger partial charge on any atom is -0.444 e. The van der Waals surface area contributed by atoms with E-state index in [0.29, 0.717) is 16.6 Å². The van der Waals surface area contributed by atoms with E-state index in [-0.39, 0.29) is 24.8 Å². The summed E-state index contributed by atoms with van der Waals surface area (Å²) >= 11 is 3.29. The van der Waals surface area contributed by atoms with Crippen molar-refractivity contribution in [1.29, 1.82) is 0 Å². The number of anilines is 1. The molecule has 0 saturated carbocycles. The second-order valence-electron chi connectivity index (χ2n) is 7.68. The van der Waals surface area contributed by atoms with Gasteiger partial charge in [-0.25, -0.2) is 13.1 Å². The van der Waals surface area contributed by atoms with Crippen molar-refractivity contribution in [2.45, 2.75) is 31.8 Å². The summed E-state index contributed by atoms with van der Waals surface area (Å²) in [4.78, 5) is 31.0. The maximum Gasteiger partial charge on any atom is 0.410 e. The minimum atomic E-state index is -0.866. The van der Waals surface area contributed by atoms with Crippen molar-refractivity contribution in [3.63, 3.8) is 0 Å². The minimum absolute atomic E-state index is 0.161. The summed E-state index contributed by atoms with van der Waals surface area (Å²) in [6.45, 7) is 5.82. The molecule has 0 N–H and O–H groups in total. The molecular formula is C18H17BrFN3O3. The number of pyridine rings is 1. The van der Waals surface area contributed by atoms with Crippen molar-refractivity contribution < 1.29 is 18.7 Å². The van der Waals surface area contributed by atoms with Crippen molar-refractivity contribution in [3.05, 3.63) is 35.8 Å². The number of ether oxygens (including phenoxy) is 1. The number of aromatic nitrogens is 1. The van der Waals surface area contributed by atoms with Gasteiger partial charge in [0.2, 0.25) is 0 Å². The Morgan fingerprint density at radius 1 is 1.35 bits per heavy atom. The third kappa shape index (κ3) is 2.39. The van der Waals surface area contributed by atoms with Crippen LogP contribution in [0.4, 0.5) is 14.9 Å². The number of fused-ring (bicyclic) bond motifs is 4. The predicted octanol–water partition coefficient (Wildman–Crippen LogP) is 3.52. The molecule has 2 aliphatic rings. The lowest BCUT2D eigenvalue weighted by Gasteiger charge is -2.46. The molecule has 1 saturated heterocycles. The summed E-state index contributed by atoms with van der Waals surface area (Å²) in [6, 6.07) is 4.33. The lowest BCUT2D eigenvalue weighted by molar-refractivity contribution is -0.127. The van der Waals surface area contributed by atoms with E-state index in [1.54, 1.807) is 33.0 Å². The van der Waals surface area contributed by atoms with Crippen molar-refractivity contribution >= 4 is 44.7 Å². The van der Waals surface area contributed by atoms with E-state index in [2.05, 4.69) is 21.1 Å². The van der Waals surface area contributed by atoms with Crippen LogP contribution in [0.25, 0.3) is 10.9 Å². The SMILES string of the molecule is CC(C)(C)OC(=O)N1CC2(C1)C(=O)N(Br)c1cnc3cc(F)ccc3c12. The highest BCUT2D eigenvalue weighted by Gasteiger charge is 2.60. The zero-order chi connectivity index (χ0) is 18.9. The Kier molecular flexibility index (Phi) is 3.57. The molecule has 0 atom stereocenters. The third-order valence-corrected chi connectivity index (χ3v) is 5.37. The molecule has 0 aliphatic carbocycles. The lowest BCUT2D eigenvalue weighted by Crippen LogP contribution is -2.65. The molecule has 1 aromatic carbocycles. The fraction of sp³-hybridized carbons (Fsp3) is 0.389. The zero-order valence-electron chi connectivity index (χ0n) is 14.5. The Hall–Kier alpha value is -2.22. The summed E-state index contributed by atoms with van der Waals surface area (Å²) in [6.07, 6.45) is 1.10. The van der Waals surface area contributed by atoms with E-state index < -0.39 is 17.1 Å². The van der Waals surface area contributed by atoms with Gasteiger partial charge >= 0.3 is 6.09 Å². The number of carbonyl (C=O) groups is 2. The van der Waals surface area contributed by atoms with Crippen molar-refractivity contribution in [2.75, 3.05) is 17.0 Å². The number of likely N-dealkylation sites (tertiary alicyclic amines) is 1. The fourth-order valence-corrected chi connectivity index (χ4v) is 4.17. The van der Waals surface area contributed by atoms with Crippen LogP contribution in [-0.2, 0) is 14.9 Å². The second-order valence-corrected chi connectivity index (χ2v) is 8.39. The molecule has 2 amide bonds. The Bertz CT molecular complexity index is 951. The van der Waals surface area contributed by atoms with Crippen LogP contribution >= 0.6 is 16.1 Å². The molecule has 2 aromatic rings. The van der Waals surface area contributed by atoms with Gasteiger partial charge in [-0.2, -0.15) is 0 Å². The van der Waals surface area contributed by atoms with Crippen LogP contribution in [-0.4, -0.2) is 40.6 Å². The summed E-state index contributed by atoms with van der Waals surface area (Å²) in [5.74, 6) is -0.547. The highest BCUT2D eigenvalue weighted by atomic mass is 79.9. The monoisotopic (exact) mass is 421 g/mol. The summed E-state index contributed by atoms with van der Waals surface area (Å²) in [5, 5.41) is 0.711. The van der Waals surface area contributed by atoms with Crippen molar-refractivity contribution in [3.8, 4) is 0 Å². The number of nitrogens with zero attached hydrogens (tertiary/aromatic N) is 3. The number of hydrogen-bond donors (Lipinski definition) is 0. The van der Waals surface area contributed by atoms with Crippen LogP contribution in [0.2, 0.25) is 0 Å². The van der Waals surface area contributed by atoms with E-state index in [1.165, 1.54) is 21.0 Å². The molecule has 26 heavy (non-hydrogen) atoms. The second kappa shape index (κ2) is 5.39. The number of benzene rings is 1. The standard InChI is InChI=1S/C18H17BrFN3O3/c1-17(2,3)26-16(25)22-8-18(9-22)14-11-5-4-10(20)6-12(11)21-7-13(14)23(19)15(18)24/h4-7H,8-9H2,1-3H3. The average Bonchev–Trinajstić information content (AvgIpc) is 2.72. The van der Waals surface area contributed by atoms with Gasteiger partial charge in [0, 0.05) is 30.1 Å². The first kappa shape index (κ1) is 17.2. The number of amides is 2. The Morgan fingerprint density at radius 2 is 2.04 bits per heavy atom. The third-order valence-electron chi connectivity index (χ3n) is 4.66. The molecule has 0 radical (unpaired) electrons. The van der Waals surface area contributed by atoms with Crippen molar-refractivity contribution in [2.24, 2.45) is 0 Å². The summed E-state index contributed by atoms with van der Waals surface area (Å²) < 4.78 is 20.3. The Labute approximate surface area is 158 Å². The van der Waals surface area contributed by atoms with Gasteiger partial charge in [0.25, 0.3) is 5.91 Å². The Balaban J connectivity index is 1.75. The van der Waals surface area contributed by atoms with Gasteiger partial charge in [-0.1, -0.05) is 0 Å². The first-order chi connectivity index (χ1) is 12.1. The van der Waals surface area contributed by atoms with Gasteiger partial charge in [-0.15, -0.1) is 0 Å². The van der Waals surface area contributed by atoms with E-state index in [1.807, 2.05) is 0 Å². The topological polar surface area (TPSA) is 62.7 Å². The fourth-order valence-electron chi connectivity index (χ4n) is 3.57. The van der Waals surface area contributed by atoms with Gasteiger partial charge in [0.05, 0.1) is 33.5 Å². The van der Waals surface area contributed by atoms with Crippen LogP contribution < -0.4 is 3.93 Å². The molecule has 0 unspecified atom stereocenters. The Morgan fingerprint density at radius 3 is 2.69 bits per heavy atom. The maximum atomic E-state index is 13.6. The zero-order valence-corrected chi connectivity index (χ0v) is 16.1. The average molecular weight is 422 g/mol. The molecule has 1 fully saturated rings. The highest BCUT2D eigenvalue weighted by molar-refractivity contribution is 9.10. The predicted molar refractivity (Wildman–Crippen MR) is 97.6 cm³/mol. The molecule has 6 nitrogen and oxygen atoms in total. The summed E-state index contributed by atoms with van der Waals surface area (Å²) in [5.41, 5.74) is 0.401. The van der Waals surface area contributed by atoms with Gasteiger partial charge in [-0.3, -0.25) is 9.78 Å². The molecule has 1 aromatic heterocycles. The quantitative estimate of drug-likeness (QED) is 0.610. The number of carbonyl (C=O) groups excluding carboxylic acids is 2. The number of rotatable bonds is 0. The van der Waals surface area contributed by atoms with Crippen LogP contribution in [0.3, 0.4) is 0 Å². The first-order valence-corrected chi connectivity index (χ1v) is 8.90. The molecule has 136 valence electrons. The number of halogens is 2. The van der Waals surface area contributed by atoms with Crippen LogP contribution in [0, 0.1) is 5.82 Å². The molecule has 3 heterocycles. The van der Waals surface area contributed by atoms with Crippen LogP contribution in [0.1, 0.15) is 26.3 Å². The van der Waals surface area contributed by atoms with E-state index in [0.717, 1.165) is 5.56 Å². The molecule has 4 rings (SSSR count). The molecule has 2 aliphatic heterocycles. The van der Waals surface area contributed by atoms with E-state index in [9.17, 15) is 14.0 Å². The lowest BCUT2D eigenvalue weighted by atomic mass is 9.73. The maximum absolute atomic E-state index is 13.6. The van der Waals surface area contributed by atoms with Crippen LogP contribution in [0.5, 0.6) is 0 Å². The molecule has 8 heteroatoms. The van der Waals surface area contributed by atoms with Gasteiger partial charge in [-0.05, 0) is 32.9 Å². The summed E-state index contributed by atoms with van der Waals surface area (Å²) in [7, 11) is 0. The van der Waals surface area contributed by atoms with Gasteiger partial charge in [0.1, 0.15) is 16.8 Å².